The molecule has 5 heteroatoms. The van der Waals surface area contributed by atoms with E-state index in [0.29, 0.717) is 18.0 Å². The van der Waals surface area contributed by atoms with E-state index in [1.807, 2.05) is 4.31 Å². The fraction of sp³-hybridized carbons (Fsp3) is 0.759. The molecule has 0 bridgehead atoms. The summed E-state index contributed by atoms with van der Waals surface area (Å²) in [5, 5.41) is 0. The molecule has 2 heterocycles. The first kappa shape index (κ1) is 31.2. The van der Waals surface area contributed by atoms with Crippen LogP contribution >= 0.6 is 0 Å². The molecular formula is C29H55N3OS. The highest BCUT2D eigenvalue weighted by atomic mass is 32.2. The predicted octanol–water partition coefficient (Wildman–Crippen LogP) is 6.05. The standard InChI is InChI=1S/C10H22N2OS.C10H14.C9H19N/c1-9(2)12-7-6-11(8-10(12)3)14(4,5)13;2*1-8(2)10-7-5-4-6-9(10)3/h9-10H,4,6-8H2,1-3,5H3;4-8H,1-3H3;8-9H,4-7H2,1-3H3. The Morgan fingerprint density at radius 1 is 0.882 bits per heavy atom. The zero-order valence-corrected chi connectivity index (χ0v) is 24.8. The first-order chi connectivity index (χ1) is 15.8. The third kappa shape index (κ3) is 10.4. The van der Waals surface area contributed by atoms with Gasteiger partial charge >= 0.3 is 0 Å². The fourth-order valence-corrected chi connectivity index (χ4v) is 6.18. The molecule has 0 aliphatic carbocycles. The maximum Gasteiger partial charge on any atom is 0.0261 e. The lowest BCUT2D eigenvalue weighted by molar-refractivity contribution is 0.100. The molecule has 0 N–H and O–H groups in total. The molecule has 0 spiro atoms. The summed E-state index contributed by atoms with van der Waals surface area (Å²) in [6.07, 6.45) is 5.97. The number of likely N-dealkylation sites (tertiary alicyclic amines) is 1. The van der Waals surface area contributed by atoms with Crippen molar-refractivity contribution >= 4 is 15.6 Å². The van der Waals surface area contributed by atoms with Gasteiger partial charge in [-0.1, -0.05) is 44.5 Å². The van der Waals surface area contributed by atoms with Crippen LogP contribution in [0.5, 0.6) is 0 Å². The number of aryl methyl sites for hydroxylation is 1. The average Bonchev–Trinajstić information content (AvgIpc) is 2.74. The molecule has 0 amide bonds. The minimum atomic E-state index is -2.00. The molecule has 0 saturated carbocycles. The van der Waals surface area contributed by atoms with Gasteiger partial charge in [-0.2, -0.15) is 0 Å². The van der Waals surface area contributed by atoms with Crippen molar-refractivity contribution in [3.63, 3.8) is 0 Å². The number of hydrogen-bond donors (Lipinski definition) is 0. The molecule has 4 nitrogen and oxygen atoms in total. The predicted molar refractivity (Wildman–Crippen MR) is 154 cm³/mol. The maximum absolute atomic E-state index is 11.8. The van der Waals surface area contributed by atoms with Crippen molar-refractivity contribution in [2.45, 2.75) is 112 Å². The molecule has 2 saturated heterocycles. The zero-order chi connectivity index (χ0) is 26.1. The van der Waals surface area contributed by atoms with Gasteiger partial charge in [-0.15, -0.1) is 0 Å². The van der Waals surface area contributed by atoms with Crippen molar-refractivity contribution in [2.24, 2.45) is 0 Å². The maximum atomic E-state index is 11.8. The monoisotopic (exact) mass is 493 g/mol. The molecule has 2 fully saturated rings. The molecule has 1 aromatic carbocycles. The van der Waals surface area contributed by atoms with Crippen LogP contribution in [0.2, 0.25) is 0 Å². The lowest BCUT2D eigenvalue weighted by atomic mass is 9.99. The van der Waals surface area contributed by atoms with E-state index in [9.17, 15) is 4.21 Å². The summed E-state index contributed by atoms with van der Waals surface area (Å²) in [6.45, 7) is 24.2. The third-order valence-corrected chi connectivity index (χ3v) is 8.60. The van der Waals surface area contributed by atoms with E-state index in [0.717, 1.165) is 31.7 Å². The quantitative estimate of drug-likeness (QED) is 0.478. The Morgan fingerprint density at radius 2 is 1.44 bits per heavy atom. The minimum Gasteiger partial charge on any atom is -0.298 e. The van der Waals surface area contributed by atoms with E-state index in [4.69, 9.17) is 0 Å². The number of hydrogen-bond acceptors (Lipinski definition) is 3. The SMILES string of the molecule is C=S(C)(=O)N1CCN(C(C)C)C(C)C1.CC(C)N1CCCCC1C.Cc1ccccc1C(C)C. The Labute approximate surface area is 213 Å². The van der Waals surface area contributed by atoms with Crippen molar-refractivity contribution in [1.29, 1.82) is 0 Å². The van der Waals surface area contributed by atoms with Crippen LogP contribution in [0.1, 0.15) is 91.7 Å². The van der Waals surface area contributed by atoms with Crippen LogP contribution in [0.3, 0.4) is 0 Å². The van der Waals surface area contributed by atoms with Gasteiger partial charge in [0.25, 0.3) is 0 Å². The van der Waals surface area contributed by atoms with Gasteiger partial charge in [-0.3, -0.25) is 14.0 Å². The van der Waals surface area contributed by atoms with Crippen LogP contribution in [0.4, 0.5) is 0 Å². The van der Waals surface area contributed by atoms with Crippen molar-refractivity contribution in [1.82, 2.24) is 14.1 Å². The van der Waals surface area contributed by atoms with Gasteiger partial charge in [0.1, 0.15) is 0 Å². The van der Waals surface area contributed by atoms with E-state index in [-0.39, 0.29) is 0 Å². The molecular weight excluding hydrogens is 438 g/mol. The van der Waals surface area contributed by atoms with Gasteiger partial charge in [-0.05, 0) is 90.8 Å². The number of piperidine rings is 1. The number of piperazine rings is 1. The smallest absolute Gasteiger partial charge is 0.0261 e. The van der Waals surface area contributed by atoms with Crippen LogP contribution in [0.25, 0.3) is 0 Å². The van der Waals surface area contributed by atoms with E-state index >= 15 is 0 Å². The van der Waals surface area contributed by atoms with E-state index < -0.39 is 9.71 Å². The highest BCUT2D eigenvalue weighted by molar-refractivity contribution is 7.97. The number of nitrogens with zero attached hydrogens (tertiary/aromatic N) is 3. The Hall–Kier alpha value is -0.880. The largest absolute Gasteiger partial charge is 0.298 e. The van der Waals surface area contributed by atoms with Gasteiger partial charge in [0.05, 0.1) is 0 Å². The lowest BCUT2D eigenvalue weighted by Gasteiger charge is -2.42. The summed E-state index contributed by atoms with van der Waals surface area (Å²) in [7, 11) is -2.00. The summed E-state index contributed by atoms with van der Waals surface area (Å²) >= 11 is 0. The second kappa shape index (κ2) is 14.6. The van der Waals surface area contributed by atoms with Gasteiger partial charge in [0.15, 0.2) is 0 Å². The van der Waals surface area contributed by atoms with Crippen molar-refractivity contribution in [3.05, 3.63) is 35.4 Å². The first-order valence-electron chi connectivity index (χ1n) is 13.4. The molecule has 3 rings (SSSR count). The summed E-state index contributed by atoms with van der Waals surface area (Å²) in [5.74, 6) is 4.39. The van der Waals surface area contributed by atoms with E-state index in [1.54, 1.807) is 6.26 Å². The molecule has 1 aromatic rings. The molecule has 3 unspecified atom stereocenters. The first-order valence-corrected chi connectivity index (χ1v) is 15.5. The summed E-state index contributed by atoms with van der Waals surface area (Å²) in [6, 6.07) is 11.2. The Balaban J connectivity index is 0.000000261. The van der Waals surface area contributed by atoms with Crippen LogP contribution in [0.15, 0.2) is 24.3 Å². The molecule has 3 atom stereocenters. The molecule has 34 heavy (non-hydrogen) atoms. The topological polar surface area (TPSA) is 26.8 Å². The van der Waals surface area contributed by atoms with Crippen molar-refractivity contribution in [2.75, 3.05) is 32.4 Å². The highest BCUT2D eigenvalue weighted by Gasteiger charge is 2.27. The van der Waals surface area contributed by atoms with Gasteiger partial charge in [0.2, 0.25) is 0 Å². The molecule has 0 aromatic heterocycles. The lowest BCUT2D eigenvalue weighted by Crippen LogP contribution is -2.55. The van der Waals surface area contributed by atoms with Gasteiger partial charge in [0, 0.05) is 59.8 Å². The molecule has 2 aliphatic rings. The van der Waals surface area contributed by atoms with Crippen LogP contribution in [0, 0.1) is 6.92 Å². The van der Waals surface area contributed by atoms with Crippen molar-refractivity contribution in [3.8, 4) is 0 Å². The highest BCUT2D eigenvalue weighted by Crippen LogP contribution is 2.19. The number of benzene rings is 1. The number of rotatable bonds is 4. The summed E-state index contributed by atoms with van der Waals surface area (Å²) < 4.78 is 13.8. The third-order valence-electron chi connectivity index (χ3n) is 7.18. The van der Waals surface area contributed by atoms with Gasteiger partial charge in [-0.25, -0.2) is 4.31 Å². The second-order valence-electron chi connectivity index (χ2n) is 11.2. The minimum absolute atomic E-state index is 0.478. The van der Waals surface area contributed by atoms with Crippen LogP contribution in [-0.2, 0) is 9.71 Å². The summed E-state index contributed by atoms with van der Waals surface area (Å²) in [4.78, 5) is 5.05. The molecule has 198 valence electrons. The fourth-order valence-electron chi connectivity index (χ4n) is 5.18. The molecule has 2 aliphatic heterocycles. The van der Waals surface area contributed by atoms with Crippen molar-refractivity contribution < 1.29 is 4.21 Å². The van der Waals surface area contributed by atoms with E-state index in [1.165, 1.54) is 36.9 Å². The zero-order valence-electron chi connectivity index (χ0n) is 24.0. The Kier molecular flexibility index (Phi) is 13.4. The summed E-state index contributed by atoms with van der Waals surface area (Å²) in [5.41, 5.74) is 2.86. The van der Waals surface area contributed by atoms with E-state index in [2.05, 4.69) is 102 Å². The van der Waals surface area contributed by atoms with Gasteiger partial charge < -0.3 is 0 Å². The van der Waals surface area contributed by atoms with Crippen LogP contribution < -0.4 is 0 Å². The normalized spacial score (nSPS) is 24.3. The average molecular weight is 494 g/mol. The van der Waals surface area contributed by atoms with Crippen LogP contribution in [-0.4, -0.2) is 80.8 Å². The Morgan fingerprint density at radius 3 is 1.82 bits per heavy atom. The Bertz CT molecular complexity index is 803. The molecule has 0 radical (unpaired) electrons. The second-order valence-corrected chi connectivity index (χ2v) is 13.7.